The number of ether oxygens (including phenoxy) is 1. The van der Waals surface area contributed by atoms with Crippen LogP contribution in [0.5, 0.6) is 5.75 Å². The Balaban J connectivity index is 1.68. The van der Waals surface area contributed by atoms with E-state index in [2.05, 4.69) is 12.2 Å². The Morgan fingerprint density at radius 3 is 2.31 bits per heavy atom. The van der Waals surface area contributed by atoms with Crippen molar-refractivity contribution in [2.24, 2.45) is 0 Å². The van der Waals surface area contributed by atoms with E-state index in [0.29, 0.717) is 23.5 Å². The molecule has 1 aliphatic heterocycles. The van der Waals surface area contributed by atoms with Gasteiger partial charge in [0.15, 0.2) is 0 Å². The number of hydrogen-bond donors (Lipinski definition) is 1. The molecule has 32 heavy (non-hydrogen) atoms. The van der Waals surface area contributed by atoms with Crippen LogP contribution in [0.15, 0.2) is 77.0 Å². The number of carbonyl (C=O) groups excluding carboxylic acids is 2. The summed E-state index contributed by atoms with van der Waals surface area (Å²) in [6, 6.07) is 18.6. The maximum atomic E-state index is 13.3. The molecule has 2 heterocycles. The second-order valence-electron chi connectivity index (χ2n) is 7.57. The van der Waals surface area contributed by atoms with E-state index < -0.39 is 0 Å². The van der Waals surface area contributed by atoms with Gasteiger partial charge in [-0.2, -0.15) is 0 Å². The normalized spacial score (nSPS) is 13.8. The van der Waals surface area contributed by atoms with Crippen molar-refractivity contribution in [1.29, 1.82) is 0 Å². The number of hydrogen-bond acceptors (Lipinski definition) is 5. The fourth-order valence-corrected chi connectivity index (χ4v) is 3.57. The van der Waals surface area contributed by atoms with Gasteiger partial charge in [-0.15, -0.1) is 0 Å². The van der Waals surface area contributed by atoms with Gasteiger partial charge in [0, 0.05) is 5.69 Å². The number of nitrogens with one attached hydrogen (secondary N) is 1. The summed E-state index contributed by atoms with van der Waals surface area (Å²) in [6.45, 7) is 4.83. The van der Waals surface area contributed by atoms with Gasteiger partial charge in [0.05, 0.1) is 25.0 Å². The van der Waals surface area contributed by atoms with Crippen LogP contribution in [0.1, 0.15) is 37.2 Å². The lowest BCUT2D eigenvalue weighted by Gasteiger charge is -2.13. The maximum Gasteiger partial charge on any atom is 0.278 e. The summed E-state index contributed by atoms with van der Waals surface area (Å²) in [7, 11) is 0. The highest BCUT2D eigenvalue weighted by atomic mass is 16.5. The molecule has 0 aliphatic carbocycles. The van der Waals surface area contributed by atoms with Crippen LogP contribution < -0.4 is 10.1 Å². The molecule has 164 valence electrons. The summed E-state index contributed by atoms with van der Waals surface area (Å²) in [6.07, 6.45) is 3.36. The monoisotopic (exact) mass is 430 g/mol. The molecule has 0 unspecified atom stereocenters. The lowest BCUT2D eigenvalue weighted by atomic mass is 10.0. The molecule has 0 fully saturated rings. The standard InChI is InChI=1S/C26H26N2O4/c1-3-15-31-21-13-9-19(10-14-21)23-24(27-20-11-7-18(4-2)8-12-20)26(30)28(25(23)29)17-22-6-5-16-32-22/h5-14,16,27H,3-4,15,17H2,1-2H3. The van der Waals surface area contributed by atoms with E-state index >= 15 is 0 Å². The highest BCUT2D eigenvalue weighted by Gasteiger charge is 2.39. The molecule has 6 nitrogen and oxygen atoms in total. The topological polar surface area (TPSA) is 71.8 Å². The van der Waals surface area contributed by atoms with Gasteiger partial charge in [-0.05, 0) is 60.4 Å². The zero-order valence-corrected chi connectivity index (χ0v) is 18.3. The largest absolute Gasteiger partial charge is 0.494 e. The molecule has 3 aromatic rings. The second kappa shape index (κ2) is 9.56. The van der Waals surface area contributed by atoms with Gasteiger partial charge in [0.1, 0.15) is 17.2 Å². The van der Waals surface area contributed by atoms with Crippen LogP contribution in [0.25, 0.3) is 5.57 Å². The number of anilines is 1. The van der Waals surface area contributed by atoms with Crippen molar-refractivity contribution in [3.8, 4) is 5.75 Å². The first-order valence-corrected chi connectivity index (χ1v) is 10.8. The molecule has 0 radical (unpaired) electrons. The zero-order valence-electron chi connectivity index (χ0n) is 18.3. The highest BCUT2D eigenvalue weighted by Crippen LogP contribution is 2.32. The molecule has 1 aliphatic rings. The van der Waals surface area contributed by atoms with Crippen LogP contribution in [0.4, 0.5) is 5.69 Å². The van der Waals surface area contributed by atoms with E-state index in [1.54, 1.807) is 12.1 Å². The smallest absolute Gasteiger partial charge is 0.278 e. The summed E-state index contributed by atoms with van der Waals surface area (Å²) >= 11 is 0. The average molecular weight is 431 g/mol. The maximum absolute atomic E-state index is 13.3. The summed E-state index contributed by atoms with van der Waals surface area (Å²) in [4.78, 5) is 27.8. The predicted molar refractivity (Wildman–Crippen MR) is 123 cm³/mol. The third-order valence-electron chi connectivity index (χ3n) is 5.31. The van der Waals surface area contributed by atoms with Crippen LogP contribution in [-0.4, -0.2) is 23.3 Å². The van der Waals surface area contributed by atoms with Crippen LogP contribution >= 0.6 is 0 Å². The third-order valence-corrected chi connectivity index (χ3v) is 5.31. The molecule has 0 bridgehead atoms. The lowest BCUT2D eigenvalue weighted by molar-refractivity contribution is -0.137. The molecule has 2 amide bonds. The number of rotatable bonds is 9. The van der Waals surface area contributed by atoms with Crippen LogP contribution in [0.3, 0.4) is 0 Å². The van der Waals surface area contributed by atoms with Crippen molar-refractivity contribution in [1.82, 2.24) is 4.90 Å². The summed E-state index contributed by atoms with van der Waals surface area (Å²) in [5.74, 6) is 0.529. The van der Waals surface area contributed by atoms with Crippen LogP contribution in [0, 0.1) is 0 Å². The van der Waals surface area contributed by atoms with Crippen molar-refractivity contribution in [2.75, 3.05) is 11.9 Å². The fourth-order valence-electron chi connectivity index (χ4n) is 3.57. The first kappa shape index (κ1) is 21.4. The highest BCUT2D eigenvalue weighted by molar-refractivity contribution is 6.36. The first-order chi connectivity index (χ1) is 15.6. The molecule has 0 saturated heterocycles. The van der Waals surface area contributed by atoms with Crippen molar-refractivity contribution in [3.63, 3.8) is 0 Å². The van der Waals surface area contributed by atoms with E-state index in [1.165, 1.54) is 16.7 Å². The minimum absolute atomic E-state index is 0.0752. The molecule has 0 spiro atoms. The van der Waals surface area contributed by atoms with Gasteiger partial charge in [0.25, 0.3) is 11.8 Å². The minimum Gasteiger partial charge on any atom is -0.494 e. The fraction of sp³-hybridized carbons (Fsp3) is 0.231. The molecule has 4 rings (SSSR count). The van der Waals surface area contributed by atoms with Gasteiger partial charge in [0.2, 0.25) is 0 Å². The number of carbonyl (C=O) groups is 2. The van der Waals surface area contributed by atoms with E-state index in [-0.39, 0.29) is 24.1 Å². The van der Waals surface area contributed by atoms with E-state index in [0.717, 1.165) is 24.3 Å². The second-order valence-corrected chi connectivity index (χ2v) is 7.57. The van der Waals surface area contributed by atoms with Crippen LogP contribution in [0.2, 0.25) is 0 Å². The molecule has 1 N–H and O–H groups in total. The van der Waals surface area contributed by atoms with Crippen molar-refractivity contribution in [3.05, 3.63) is 89.5 Å². The Hall–Kier alpha value is -3.80. The molecular weight excluding hydrogens is 404 g/mol. The number of aryl methyl sites for hydroxylation is 1. The van der Waals surface area contributed by atoms with E-state index in [4.69, 9.17) is 9.15 Å². The Morgan fingerprint density at radius 2 is 1.69 bits per heavy atom. The summed E-state index contributed by atoms with van der Waals surface area (Å²) in [5.41, 5.74) is 3.19. The van der Waals surface area contributed by atoms with E-state index in [1.807, 2.05) is 55.5 Å². The Labute approximate surface area is 187 Å². The van der Waals surface area contributed by atoms with Crippen molar-refractivity contribution >= 4 is 23.1 Å². The van der Waals surface area contributed by atoms with Gasteiger partial charge >= 0.3 is 0 Å². The van der Waals surface area contributed by atoms with Crippen LogP contribution in [-0.2, 0) is 22.6 Å². The van der Waals surface area contributed by atoms with Crippen molar-refractivity contribution < 1.29 is 18.7 Å². The summed E-state index contributed by atoms with van der Waals surface area (Å²) in [5, 5.41) is 3.19. The van der Waals surface area contributed by atoms with E-state index in [9.17, 15) is 9.59 Å². The Morgan fingerprint density at radius 1 is 0.938 bits per heavy atom. The summed E-state index contributed by atoms with van der Waals surface area (Å²) < 4.78 is 11.0. The number of furan rings is 1. The van der Waals surface area contributed by atoms with Gasteiger partial charge in [-0.3, -0.25) is 14.5 Å². The number of benzene rings is 2. The molecule has 6 heteroatoms. The molecule has 2 aromatic carbocycles. The molecular formula is C26H26N2O4. The van der Waals surface area contributed by atoms with Gasteiger partial charge in [-0.25, -0.2) is 0 Å². The van der Waals surface area contributed by atoms with Gasteiger partial charge < -0.3 is 14.5 Å². The minimum atomic E-state index is -0.382. The molecule has 1 aromatic heterocycles. The predicted octanol–water partition coefficient (Wildman–Crippen LogP) is 5.02. The number of imide groups is 1. The molecule has 0 saturated carbocycles. The zero-order chi connectivity index (χ0) is 22.5. The SMILES string of the molecule is CCCOc1ccc(C2=C(Nc3ccc(CC)cc3)C(=O)N(Cc3ccco3)C2=O)cc1. The Kier molecular flexibility index (Phi) is 6.40. The average Bonchev–Trinajstić information content (AvgIpc) is 3.42. The molecule has 0 atom stereocenters. The van der Waals surface area contributed by atoms with Gasteiger partial charge in [-0.1, -0.05) is 38.1 Å². The number of nitrogens with zero attached hydrogens (tertiary/aromatic N) is 1. The van der Waals surface area contributed by atoms with Crippen molar-refractivity contribution in [2.45, 2.75) is 33.2 Å². The first-order valence-electron chi connectivity index (χ1n) is 10.8. The third kappa shape index (κ3) is 4.44. The quantitative estimate of drug-likeness (QED) is 0.483. The Bertz CT molecular complexity index is 1110. The number of amides is 2. The lowest BCUT2D eigenvalue weighted by Crippen LogP contribution is -2.31.